The second kappa shape index (κ2) is 5.82. The van der Waals surface area contributed by atoms with Crippen molar-refractivity contribution in [2.45, 2.75) is 45.1 Å². The molecule has 0 aromatic carbocycles. The van der Waals surface area contributed by atoms with Gasteiger partial charge in [0.05, 0.1) is 6.10 Å². The van der Waals surface area contributed by atoms with Crippen molar-refractivity contribution in [2.24, 2.45) is 5.92 Å². The fourth-order valence-corrected chi connectivity index (χ4v) is 1.81. The first-order chi connectivity index (χ1) is 5.83. The summed E-state index contributed by atoms with van der Waals surface area (Å²) in [7, 11) is 0. The van der Waals surface area contributed by atoms with Gasteiger partial charge in [-0.1, -0.05) is 6.92 Å². The van der Waals surface area contributed by atoms with Crippen molar-refractivity contribution in [3.8, 4) is 0 Å². The zero-order valence-corrected chi connectivity index (χ0v) is 8.65. The molecule has 0 spiro atoms. The topological polar surface area (TPSA) is 9.23 Å². The van der Waals surface area contributed by atoms with E-state index in [1.165, 1.54) is 25.7 Å². The van der Waals surface area contributed by atoms with Crippen molar-refractivity contribution in [2.75, 3.05) is 12.5 Å². The van der Waals surface area contributed by atoms with E-state index in [2.05, 4.69) is 6.92 Å². The van der Waals surface area contributed by atoms with Crippen LogP contribution in [0.1, 0.15) is 39.0 Å². The van der Waals surface area contributed by atoms with E-state index in [0.29, 0.717) is 6.10 Å². The molecular weight excluding hydrogens is 172 g/mol. The van der Waals surface area contributed by atoms with E-state index in [-0.39, 0.29) is 0 Å². The average Bonchev–Trinajstić information content (AvgIpc) is 2.09. The Morgan fingerprint density at radius 1 is 1.25 bits per heavy atom. The van der Waals surface area contributed by atoms with E-state index in [1.54, 1.807) is 0 Å². The van der Waals surface area contributed by atoms with Crippen LogP contribution in [0.15, 0.2) is 0 Å². The molecule has 0 atom stereocenters. The van der Waals surface area contributed by atoms with Crippen LogP contribution in [-0.4, -0.2) is 18.6 Å². The molecule has 1 aliphatic rings. The molecule has 1 nitrogen and oxygen atoms in total. The number of alkyl halides is 1. The van der Waals surface area contributed by atoms with E-state index < -0.39 is 0 Å². The zero-order valence-electron chi connectivity index (χ0n) is 7.89. The third-order valence-corrected chi connectivity index (χ3v) is 2.86. The molecule has 0 amide bonds. The first-order valence-corrected chi connectivity index (χ1v) is 5.54. The lowest BCUT2D eigenvalue weighted by atomic mass is 9.89. The van der Waals surface area contributed by atoms with Crippen LogP contribution in [0.5, 0.6) is 0 Å². The summed E-state index contributed by atoms with van der Waals surface area (Å²) < 4.78 is 5.69. The number of halogens is 1. The van der Waals surface area contributed by atoms with Gasteiger partial charge in [0.2, 0.25) is 0 Å². The van der Waals surface area contributed by atoms with E-state index in [9.17, 15) is 0 Å². The second-order valence-corrected chi connectivity index (χ2v) is 4.17. The summed E-state index contributed by atoms with van der Waals surface area (Å²) in [5.41, 5.74) is 0. The molecule has 12 heavy (non-hydrogen) atoms. The fourth-order valence-electron chi connectivity index (χ4n) is 1.70. The maximum absolute atomic E-state index is 5.69. The highest BCUT2D eigenvalue weighted by Gasteiger charge is 2.17. The van der Waals surface area contributed by atoms with Crippen LogP contribution < -0.4 is 0 Å². The lowest BCUT2D eigenvalue weighted by Crippen LogP contribution is -2.20. The van der Waals surface area contributed by atoms with Crippen molar-refractivity contribution < 1.29 is 4.74 Å². The molecule has 0 radical (unpaired) electrons. The highest BCUT2D eigenvalue weighted by molar-refractivity contribution is 6.17. The Bertz CT molecular complexity index is 108. The Morgan fingerprint density at radius 3 is 2.50 bits per heavy atom. The molecule has 0 aromatic heterocycles. The van der Waals surface area contributed by atoms with Crippen molar-refractivity contribution >= 4 is 11.6 Å². The molecule has 0 aliphatic heterocycles. The van der Waals surface area contributed by atoms with Gasteiger partial charge >= 0.3 is 0 Å². The third kappa shape index (κ3) is 3.77. The van der Waals surface area contributed by atoms with Crippen LogP contribution in [0.3, 0.4) is 0 Å². The minimum atomic E-state index is 0.532. The third-order valence-electron chi connectivity index (χ3n) is 2.59. The quantitative estimate of drug-likeness (QED) is 0.489. The van der Waals surface area contributed by atoms with Gasteiger partial charge in [-0.15, -0.1) is 11.6 Å². The second-order valence-electron chi connectivity index (χ2n) is 3.80. The number of hydrogen-bond donors (Lipinski definition) is 0. The van der Waals surface area contributed by atoms with E-state index in [1.807, 2.05) is 0 Å². The summed E-state index contributed by atoms with van der Waals surface area (Å²) in [5.74, 6) is 1.64. The Labute approximate surface area is 80.4 Å². The molecule has 0 aromatic rings. The maximum atomic E-state index is 5.69. The smallest absolute Gasteiger partial charge is 0.0575 e. The number of ether oxygens (including phenoxy) is 1. The molecule has 1 fully saturated rings. The zero-order chi connectivity index (χ0) is 8.81. The fraction of sp³-hybridized carbons (Fsp3) is 1.00. The maximum Gasteiger partial charge on any atom is 0.0575 e. The largest absolute Gasteiger partial charge is 0.378 e. The standard InChI is InChI=1S/C10H19ClO/c1-9-3-5-10(6-4-9)12-8-2-7-11/h9-10H,2-8H2,1H3. The summed E-state index contributed by atoms with van der Waals surface area (Å²) in [6.07, 6.45) is 6.71. The van der Waals surface area contributed by atoms with Crippen LogP contribution in [-0.2, 0) is 4.74 Å². The first kappa shape index (κ1) is 10.3. The highest BCUT2D eigenvalue weighted by Crippen LogP contribution is 2.25. The van der Waals surface area contributed by atoms with Crippen molar-refractivity contribution in [3.63, 3.8) is 0 Å². The Balaban J connectivity index is 2.01. The summed E-state index contributed by atoms with van der Waals surface area (Å²) in [6.45, 7) is 3.18. The number of rotatable bonds is 4. The Morgan fingerprint density at radius 2 is 1.92 bits per heavy atom. The molecule has 0 bridgehead atoms. The summed E-state index contributed by atoms with van der Waals surface area (Å²) in [4.78, 5) is 0. The molecule has 2 heteroatoms. The van der Waals surface area contributed by atoms with Gasteiger partial charge in [-0.2, -0.15) is 0 Å². The lowest BCUT2D eigenvalue weighted by Gasteiger charge is -2.26. The van der Waals surface area contributed by atoms with Gasteiger partial charge < -0.3 is 4.74 Å². The minimum absolute atomic E-state index is 0.532. The predicted molar refractivity (Wildman–Crippen MR) is 52.7 cm³/mol. The molecule has 1 aliphatic carbocycles. The SMILES string of the molecule is CC1CCC(OCCCCl)CC1. The van der Waals surface area contributed by atoms with Gasteiger partial charge in [-0.25, -0.2) is 0 Å². The van der Waals surface area contributed by atoms with E-state index in [0.717, 1.165) is 24.8 Å². The summed E-state index contributed by atoms with van der Waals surface area (Å²) in [5, 5.41) is 0. The van der Waals surface area contributed by atoms with Crippen LogP contribution >= 0.6 is 11.6 Å². The van der Waals surface area contributed by atoms with E-state index >= 15 is 0 Å². The Kier molecular flexibility index (Phi) is 5.01. The van der Waals surface area contributed by atoms with Crippen LogP contribution in [0.4, 0.5) is 0 Å². The van der Waals surface area contributed by atoms with Crippen LogP contribution in [0, 0.1) is 5.92 Å². The van der Waals surface area contributed by atoms with Gasteiger partial charge in [0, 0.05) is 12.5 Å². The van der Waals surface area contributed by atoms with E-state index in [4.69, 9.17) is 16.3 Å². The molecule has 0 saturated heterocycles. The minimum Gasteiger partial charge on any atom is -0.378 e. The molecular formula is C10H19ClO. The highest BCUT2D eigenvalue weighted by atomic mass is 35.5. The summed E-state index contributed by atoms with van der Waals surface area (Å²) >= 11 is 5.56. The lowest BCUT2D eigenvalue weighted by molar-refractivity contribution is 0.0205. The van der Waals surface area contributed by atoms with Crippen LogP contribution in [0.25, 0.3) is 0 Å². The molecule has 0 N–H and O–H groups in total. The van der Waals surface area contributed by atoms with Crippen molar-refractivity contribution in [1.82, 2.24) is 0 Å². The van der Waals surface area contributed by atoms with Crippen LogP contribution in [0.2, 0.25) is 0 Å². The summed E-state index contributed by atoms with van der Waals surface area (Å²) in [6, 6.07) is 0. The molecule has 72 valence electrons. The van der Waals surface area contributed by atoms with Gasteiger partial charge in [0.1, 0.15) is 0 Å². The van der Waals surface area contributed by atoms with Gasteiger partial charge in [0.25, 0.3) is 0 Å². The number of hydrogen-bond acceptors (Lipinski definition) is 1. The Hall–Kier alpha value is 0.250. The van der Waals surface area contributed by atoms with Gasteiger partial charge in [-0.3, -0.25) is 0 Å². The molecule has 1 rings (SSSR count). The average molecular weight is 191 g/mol. The molecule has 1 saturated carbocycles. The van der Waals surface area contributed by atoms with Crippen molar-refractivity contribution in [1.29, 1.82) is 0 Å². The van der Waals surface area contributed by atoms with Crippen molar-refractivity contribution in [3.05, 3.63) is 0 Å². The van der Waals surface area contributed by atoms with Gasteiger partial charge in [0.15, 0.2) is 0 Å². The first-order valence-electron chi connectivity index (χ1n) is 5.00. The molecule has 0 heterocycles. The van der Waals surface area contributed by atoms with Gasteiger partial charge in [-0.05, 0) is 38.0 Å². The predicted octanol–water partition coefficient (Wildman–Crippen LogP) is 3.21. The normalized spacial score (nSPS) is 30.5. The monoisotopic (exact) mass is 190 g/mol. The molecule has 0 unspecified atom stereocenters.